The van der Waals surface area contributed by atoms with Crippen LogP contribution in [0, 0.1) is 0 Å². The van der Waals surface area contributed by atoms with E-state index in [1.54, 1.807) is 28.4 Å². The van der Waals surface area contributed by atoms with Crippen molar-refractivity contribution in [2.75, 3.05) is 35.0 Å². The third-order valence-electron chi connectivity index (χ3n) is 4.28. The molecule has 166 valence electrons. The first-order valence-corrected chi connectivity index (χ1v) is 9.52. The Morgan fingerprint density at radius 3 is 1.93 bits per heavy atom. The second-order valence-corrected chi connectivity index (χ2v) is 6.33. The van der Waals surface area contributed by atoms with Crippen LogP contribution in [0.4, 0.5) is 0 Å². The number of nitrogens with one attached hydrogen (secondary N) is 2. The van der Waals surface area contributed by atoms with Crippen LogP contribution >= 0.6 is 24.0 Å². The van der Waals surface area contributed by atoms with E-state index in [1.807, 2.05) is 19.1 Å². The maximum atomic E-state index is 5.41. The van der Waals surface area contributed by atoms with Gasteiger partial charge in [-0.25, -0.2) is 4.99 Å². The smallest absolute Gasteiger partial charge is 0.203 e. The molecule has 0 heterocycles. The van der Waals surface area contributed by atoms with Gasteiger partial charge in [-0.3, -0.25) is 0 Å². The molecule has 0 aromatic heterocycles. The number of methoxy groups -OCH3 is 4. The van der Waals surface area contributed by atoms with Gasteiger partial charge in [-0.2, -0.15) is 0 Å². The zero-order chi connectivity index (χ0) is 21.1. The number of halogens is 1. The molecule has 0 aliphatic rings. The van der Waals surface area contributed by atoms with E-state index in [0.29, 0.717) is 36.9 Å². The summed E-state index contributed by atoms with van der Waals surface area (Å²) in [6, 6.07) is 12.1. The van der Waals surface area contributed by atoms with Crippen molar-refractivity contribution in [2.24, 2.45) is 4.99 Å². The van der Waals surface area contributed by atoms with Gasteiger partial charge in [0.25, 0.3) is 0 Å². The summed E-state index contributed by atoms with van der Waals surface area (Å²) in [6.07, 6.45) is 0. The summed E-state index contributed by atoms with van der Waals surface area (Å²) in [4.78, 5) is 4.67. The van der Waals surface area contributed by atoms with E-state index in [1.165, 1.54) is 5.56 Å². The van der Waals surface area contributed by atoms with E-state index in [4.69, 9.17) is 18.9 Å². The molecule has 0 aliphatic carbocycles. The number of nitrogens with zero attached hydrogens (tertiary/aromatic N) is 1. The SMILES string of the molecule is CCNC(=NCc1cc(OC)c(OC)c(OC)c1)NCc1ccc(COC)cc1.I. The van der Waals surface area contributed by atoms with Crippen molar-refractivity contribution in [2.45, 2.75) is 26.6 Å². The molecule has 0 aliphatic heterocycles. The highest BCUT2D eigenvalue weighted by atomic mass is 127. The fraction of sp³-hybridized carbons (Fsp3) is 0.409. The van der Waals surface area contributed by atoms with Gasteiger partial charge < -0.3 is 29.6 Å². The van der Waals surface area contributed by atoms with Crippen LogP contribution in [0.3, 0.4) is 0 Å². The molecule has 8 heteroatoms. The molecule has 0 atom stereocenters. The lowest BCUT2D eigenvalue weighted by Gasteiger charge is -2.14. The van der Waals surface area contributed by atoms with E-state index in [9.17, 15) is 0 Å². The molecule has 30 heavy (non-hydrogen) atoms. The zero-order valence-electron chi connectivity index (χ0n) is 18.3. The van der Waals surface area contributed by atoms with Gasteiger partial charge in [-0.15, -0.1) is 24.0 Å². The fourth-order valence-electron chi connectivity index (χ4n) is 2.84. The van der Waals surface area contributed by atoms with Gasteiger partial charge in [0.1, 0.15) is 0 Å². The van der Waals surface area contributed by atoms with Crippen LogP contribution < -0.4 is 24.8 Å². The predicted octanol–water partition coefficient (Wildman–Crippen LogP) is 3.73. The first-order chi connectivity index (χ1) is 14.1. The number of benzene rings is 2. The molecule has 0 bridgehead atoms. The van der Waals surface area contributed by atoms with E-state index < -0.39 is 0 Å². The van der Waals surface area contributed by atoms with E-state index in [0.717, 1.165) is 23.6 Å². The molecule has 2 N–H and O–H groups in total. The third kappa shape index (κ3) is 7.56. The van der Waals surface area contributed by atoms with Gasteiger partial charge in [-0.05, 0) is 35.7 Å². The molecule has 0 amide bonds. The number of aliphatic imine (C=N–C) groups is 1. The van der Waals surface area contributed by atoms with Gasteiger partial charge in [0, 0.05) is 20.2 Å². The van der Waals surface area contributed by atoms with Crippen molar-refractivity contribution >= 4 is 29.9 Å². The molecular formula is C22H32IN3O4. The second-order valence-electron chi connectivity index (χ2n) is 6.33. The van der Waals surface area contributed by atoms with Crippen LogP contribution in [0.1, 0.15) is 23.6 Å². The quantitative estimate of drug-likeness (QED) is 0.278. The van der Waals surface area contributed by atoms with E-state index in [2.05, 4.69) is 39.9 Å². The normalized spacial score (nSPS) is 10.8. The highest BCUT2D eigenvalue weighted by Gasteiger charge is 2.13. The highest BCUT2D eigenvalue weighted by molar-refractivity contribution is 14.0. The van der Waals surface area contributed by atoms with Crippen LogP contribution in [0.2, 0.25) is 0 Å². The van der Waals surface area contributed by atoms with Gasteiger partial charge >= 0.3 is 0 Å². The molecule has 0 saturated carbocycles. The average molecular weight is 529 g/mol. The Morgan fingerprint density at radius 1 is 0.833 bits per heavy atom. The van der Waals surface area contributed by atoms with Crippen LogP contribution in [0.15, 0.2) is 41.4 Å². The lowest BCUT2D eigenvalue weighted by Crippen LogP contribution is -2.36. The first-order valence-electron chi connectivity index (χ1n) is 9.52. The summed E-state index contributed by atoms with van der Waals surface area (Å²) in [5.41, 5.74) is 3.28. The molecule has 0 fully saturated rings. The van der Waals surface area contributed by atoms with Gasteiger partial charge in [-0.1, -0.05) is 24.3 Å². The summed E-state index contributed by atoms with van der Waals surface area (Å²) < 4.78 is 21.3. The minimum absolute atomic E-state index is 0. The Bertz CT molecular complexity index is 772. The zero-order valence-corrected chi connectivity index (χ0v) is 20.6. The van der Waals surface area contributed by atoms with Crippen LogP contribution in [-0.4, -0.2) is 40.9 Å². The summed E-state index contributed by atoms with van der Waals surface area (Å²) in [6.45, 7) is 4.57. The van der Waals surface area contributed by atoms with Crippen LogP contribution in [-0.2, 0) is 24.4 Å². The molecular weight excluding hydrogens is 497 g/mol. The van der Waals surface area contributed by atoms with Crippen molar-refractivity contribution in [1.82, 2.24) is 10.6 Å². The Hall–Kier alpha value is -2.20. The molecule has 2 aromatic carbocycles. The molecule has 0 radical (unpaired) electrons. The largest absolute Gasteiger partial charge is 0.493 e. The van der Waals surface area contributed by atoms with Gasteiger partial charge in [0.05, 0.1) is 34.5 Å². The molecule has 0 unspecified atom stereocenters. The van der Waals surface area contributed by atoms with E-state index >= 15 is 0 Å². The summed E-state index contributed by atoms with van der Waals surface area (Å²) >= 11 is 0. The maximum Gasteiger partial charge on any atom is 0.203 e. The maximum absolute atomic E-state index is 5.41. The number of ether oxygens (including phenoxy) is 4. The lowest BCUT2D eigenvalue weighted by atomic mass is 10.1. The number of guanidine groups is 1. The monoisotopic (exact) mass is 529 g/mol. The molecule has 0 spiro atoms. The van der Waals surface area contributed by atoms with Crippen molar-refractivity contribution in [1.29, 1.82) is 0 Å². The van der Waals surface area contributed by atoms with Crippen molar-refractivity contribution in [3.05, 3.63) is 53.1 Å². The Labute approximate surface area is 196 Å². The number of rotatable bonds is 10. The van der Waals surface area contributed by atoms with E-state index in [-0.39, 0.29) is 24.0 Å². The Kier molecular flexibility index (Phi) is 12.0. The Morgan fingerprint density at radius 2 is 1.43 bits per heavy atom. The molecule has 0 saturated heterocycles. The standard InChI is InChI=1S/C22H31N3O4.HI/c1-6-23-22(24-13-16-7-9-17(10-8-16)15-26-2)25-14-18-11-19(27-3)21(29-5)20(12-18)28-4;/h7-12H,6,13-15H2,1-5H3,(H2,23,24,25);1H. The summed E-state index contributed by atoms with van der Waals surface area (Å²) in [5, 5.41) is 6.63. The second kappa shape index (κ2) is 13.9. The minimum atomic E-state index is 0. The molecule has 2 aromatic rings. The highest BCUT2D eigenvalue weighted by Crippen LogP contribution is 2.38. The van der Waals surface area contributed by atoms with Crippen LogP contribution in [0.25, 0.3) is 0 Å². The fourth-order valence-corrected chi connectivity index (χ4v) is 2.84. The van der Waals surface area contributed by atoms with Crippen LogP contribution in [0.5, 0.6) is 17.2 Å². The Balaban J connectivity index is 0.00000450. The summed E-state index contributed by atoms with van der Waals surface area (Å²) in [7, 11) is 6.50. The summed E-state index contributed by atoms with van der Waals surface area (Å²) in [5.74, 6) is 2.55. The number of hydrogen-bond donors (Lipinski definition) is 2. The van der Waals surface area contributed by atoms with Gasteiger partial charge in [0.2, 0.25) is 5.75 Å². The van der Waals surface area contributed by atoms with Crippen molar-refractivity contribution < 1.29 is 18.9 Å². The first kappa shape index (κ1) is 25.8. The number of hydrogen-bond acceptors (Lipinski definition) is 5. The van der Waals surface area contributed by atoms with Crippen molar-refractivity contribution in [3.8, 4) is 17.2 Å². The average Bonchev–Trinajstić information content (AvgIpc) is 2.76. The minimum Gasteiger partial charge on any atom is -0.493 e. The molecule has 2 rings (SSSR count). The molecule has 7 nitrogen and oxygen atoms in total. The van der Waals surface area contributed by atoms with Crippen molar-refractivity contribution in [3.63, 3.8) is 0 Å². The predicted molar refractivity (Wildman–Crippen MR) is 130 cm³/mol. The lowest BCUT2D eigenvalue weighted by molar-refractivity contribution is 0.185. The topological polar surface area (TPSA) is 73.3 Å². The van der Waals surface area contributed by atoms with Gasteiger partial charge in [0.15, 0.2) is 17.5 Å². The third-order valence-corrected chi connectivity index (χ3v) is 4.28.